The topological polar surface area (TPSA) is 12.0 Å². The first-order valence-corrected chi connectivity index (χ1v) is 5.77. The number of rotatable bonds is 3. The van der Waals surface area contributed by atoms with Gasteiger partial charge in [-0.05, 0) is 37.5 Å². The van der Waals surface area contributed by atoms with Gasteiger partial charge in [-0.3, -0.25) is 0 Å². The standard InChI is InChI=1S/C13H18FN/c1-10(15-13-7-2-3-8-13)11-5-4-6-12(14)9-11/h4-6,9-10,13,15H,2-3,7-8H2,1H3/t10-/m1/s1. The van der Waals surface area contributed by atoms with E-state index in [-0.39, 0.29) is 11.9 Å². The Balaban J connectivity index is 1.97. The molecular weight excluding hydrogens is 189 g/mol. The van der Waals surface area contributed by atoms with Crippen LogP contribution >= 0.6 is 0 Å². The van der Waals surface area contributed by atoms with Crippen molar-refractivity contribution in [1.82, 2.24) is 5.32 Å². The van der Waals surface area contributed by atoms with Gasteiger partial charge in [0.25, 0.3) is 0 Å². The minimum absolute atomic E-state index is 0.146. The molecule has 0 radical (unpaired) electrons. The van der Waals surface area contributed by atoms with Gasteiger partial charge >= 0.3 is 0 Å². The average molecular weight is 207 g/mol. The van der Waals surface area contributed by atoms with Gasteiger partial charge in [0.15, 0.2) is 0 Å². The summed E-state index contributed by atoms with van der Waals surface area (Å²) in [6.45, 7) is 2.10. The van der Waals surface area contributed by atoms with Crippen LogP contribution in [0.1, 0.15) is 44.2 Å². The van der Waals surface area contributed by atoms with Gasteiger partial charge in [-0.25, -0.2) is 4.39 Å². The average Bonchev–Trinajstić information content (AvgIpc) is 2.70. The summed E-state index contributed by atoms with van der Waals surface area (Å²) in [7, 11) is 0. The number of nitrogens with one attached hydrogen (secondary N) is 1. The van der Waals surface area contributed by atoms with Crippen molar-refractivity contribution in [3.63, 3.8) is 0 Å². The molecule has 1 saturated carbocycles. The van der Waals surface area contributed by atoms with E-state index in [2.05, 4.69) is 12.2 Å². The highest BCUT2D eigenvalue weighted by atomic mass is 19.1. The zero-order chi connectivity index (χ0) is 10.7. The van der Waals surface area contributed by atoms with Gasteiger partial charge < -0.3 is 5.32 Å². The molecule has 1 aliphatic rings. The monoisotopic (exact) mass is 207 g/mol. The van der Waals surface area contributed by atoms with Crippen molar-refractivity contribution in [3.8, 4) is 0 Å². The molecule has 0 amide bonds. The second-order valence-corrected chi connectivity index (χ2v) is 4.42. The summed E-state index contributed by atoms with van der Waals surface area (Å²) in [6.07, 6.45) is 5.18. The molecule has 0 spiro atoms. The summed E-state index contributed by atoms with van der Waals surface area (Å²) in [5.74, 6) is -0.146. The van der Waals surface area contributed by atoms with Crippen molar-refractivity contribution in [3.05, 3.63) is 35.6 Å². The molecule has 82 valence electrons. The number of hydrogen-bond acceptors (Lipinski definition) is 1. The molecule has 15 heavy (non-hydrogen) atoms. The zero-order valence-corrected chi connectivity index (χ0v) is 9.17. The lowest BCUT2D eigenvalue weighted by atomic mass is 10.1. The van der Waals surface area contributed by atoms with Crippen molar-refractivity contribution in [2.45, 2.75) is 44.7 Å². The van der Waals surface area contributed by atoms with Crippen LogP contribution in [0.5, 0.6) is 0 Å². The Morgan fingerprint density at radius 2 is 2.07 bits per heavy atom. The summed E-state index contributed by atoms with van der Waals surface area (Å²) >= 11 is 0. The highest BCUT2D eigenvalue weighted by Crippen LogP contribution is 2.22. The smallest absolute Gasteiger partial charge is 0.123 e. The molecule has 0 aromatic heterocycles. The molecule has 0 heterocycles. The first-order valence-electron chi connectivity index (χ1n) is 5.77. The predicted octanol–water partition coefficient (Wildman–Crippen LogP) is 3.42. The van der Waals surface area contributed by atoms with Crippen LogP contribution in [0.3, 0.4) is 0 Å². The number of benzene rings is 1. The molecular formula is C13H18FN. The van der Waals surface area contributed by atoms with Crippen molar-refractivity contribution < 1.29 is 4.39 Å². The fourth-order valence-electron chi connectivity index (χ4n) is 2.32. The maximum absolute atomic E-state index is 13.0. The molecule has 1 aliphatic carbocycles. The Morgan fingerprint density at radius 3 is 2.73 bits per heavy atom. The SMILES string of the molecule is C[C@@H](NC1CCCC1)c1cccc(F)c1. The van der Waals surface area contributed by atoms with Crippen LogP contribution in [0.25, 0.3) is 0 Å². The van der Waals surface area contributed by atoms with Crippen molar-refractivity contribution in [2.24, 2.45) is 0 Å². The summed E-state index contributed by atoms with van der Waals surface area (Å²) in [5.41, 5.74) is 1.04. The molecule has 1 atom stereocenters. The van der Waals surface area contributed by atoms with Gasteiger partial charge in [0, 0.05) is 12.1 Å². The summed E-state index contributed by atoms with van der Waals surface area (Å²) in [4.78, 5) is 0. The molecule has 2 rings (SSSR count). The van der Waals surface area contributed by atoms with E-state index in [0.29, 0.717) is 6.04 Å². The maximum Gasteiger partial charge on any atom is 0.123 e. The molecule has 0 aliphatic heterocycles. The molecule has 1 fully saturated rings. The highest BCUT2D eigenvalue weighted by Gasteiger charge is 2.17. The lowest BCUT2D eigenvalue weighted by molar-refractivity contribution is 0.459. The summed E-state index contributed by atoms with van der Waals surface area (Å²) in [5, 5.41) is 3.56. The molecule has 2 heteroatoms. The van der Waals surface area contributed by atoms with Crippen LogP contribution in [-0.4, -0.2) is 6.04 Å². The first-order chi connectivity index (χ1) is 7.25. The predicted molar refractivity (Wildman–Crippen MR) is 60.2 cm³/mol. The first kappa shape index (κ1) is 10.6. The quantitative estimate of drug-likeness (QED) is 0.800. The van der Waals surface area contributed by atoms with Crippen LogP contribution in [0.15, 0.2) is 24.3 Å². The Bertz CT molecular complexity index is 318. The van der Waals surface area contributed by atoms with Gasteiger partial charge in [-0.2, -0.15) is 0 Å². The molecule has 1 aromatic rings. The van der Waals surface area contributed by atoms with Crippen LogP contribution in [0.4, 0.5) is 4.39 Å². The van der Waals surface area contributed by atoms with E-state index in [9.17, 15) is 4.39 Å². The minimum atomic E-state index is -0.146. The second-order valence-electron chi connectivity index (χ2n) is 4.42. The van der Waals surface area contributed by atoms with Crippen LogP contribution in [0.2, 0.25) is 0 Å². The molecule has 0 unspecified atom stereocenters. The van der Waals surface area contributed by atoms with Gasteiger partial charge in [0.1, 0.15) is 5.82 Å². The lowest BCUT2D eigenvalue weighted by Gasteiger charge is -2.19. The van der Waals surface area contributed by atoms with Gasteiger partial charge in [-0.1, -0.05) is 25.0 Å². The Kier molecular flexibility index (Phi) is 3.37. The largest absolute Gasteiger partial charge is 0.307 e. The maximum atomic E-state index is 13.0. The van der Waals surface area contributed by atoms with Crippen LogP contribution < -0.4 is 5.32 Å². The molecule has 0 saturated heterocycles. The second kappa shape index (κ2) is 4.75. The molecule has 0 bridgehead atoms. The number of halogens is 1. The summed E-state index contributed by atoms with van der Waals surface area (Å²) in [6, 6.07) is 7.75. The van der Waals surface area contributed by atoms with E-state index in [1.165, 1.54) is 31.7 Å². The van der Waals surface area contributed by atoms with Crippen molar-refractivity contribution >= 4 is 0 Å². The fraction of sp³-hybridized carbons (Fsp3) is 0.538. The third kappa shape index (κ3) is 2.78. The molecule has 1 aromatic carbocycles. The van der Waals surface area contributed by atoms with E-state index in [1.54, 1.807) is 12.1 Å². The molecule has 1 nitrogen and oxygen atoms in total. The van der Waals surface area contributed by atoms with Gasteiger partial charge in [0.2, 0.25) is 0 Å². The van der Waals surface area contributed by atoms with Gasteiger partial charge in [0.05, 0.1) is 0 Å². The van der Waals surface area contributed by atoms with E-state index >= 15 is 0 Å². The normalized spacial score (nSPS) is 19.3. The van der Waals surface area contributed by atoms with Crippen molar-refractivity contribution in [2.75, 3.05) is 0 Å². The Labute approximate surface area is 90.7 Å². The van der Waals surface area contributed by atoms with E-state index in [0.717, 1.165) is 5.56 Å². The third-order valence-electron chi connectivity index (χ3n) is 3.19. The Hall–Kier alpha value is -0.890. The minimum Gasteiger partial charge on any atom is -0.307 e. The lowest BCUT2D eigenvalue weighted by Crippen LogP contribution is -2.28. The van der Waals surface area contributed by atoms with E-state index < -0.39 is 0 Å². The fourth-order valence-corrected chi connectivity index (χ4v) is 2.32. The summed E-state index contributed by atoms with van der Waals surface area (Å²) < 4.78 is 13.0. The highest BCUT2D eigenvalue weighted by molar-refractivity contribution is 5.19. The Morgan fingerprint density at radius 1 is 1.33 bits per heavy atom. The third-order valence-corrected chi connectivity index (χ3v) is 3.19. The van der Waals surface area contributed by atoms with Crippen LogP contribution in [-0.2, 0) is 0 Å². The van der Waals surface area contributed by atoms with Gasteiger partial charge in [-0.15, -0.1) is 0 Å². The number of hydrogen-bond donors (Lipinski definition) is 1. The van der Waals surface area contributed by atoms with E-state index in [1.807, 2.05) is 6.07 Å². The zero-order valence-electron chi connectivity index (χ0n) is 9.17. The van der Waals surface area contributed by atoms with Crippen LogP contribution in [0, 0.1) is 5.82 Å². The van der Waals surface area contributed by atoms with Crippen molar-refractivity contribution in [1.29, 1.82) is 0 Å². The molecule has 1 N–H and O–H groups in total. The van der Waals surface area contributed by atoms with E-state index in [4.69, 9.17) is 0 Å².